The highest BCUT2D eigenvalue weighted by atomic mass is 16.5. The normalized spacial score (nSPS) is 10.1. The van der Waals surface area contributed by atoms with E-state index in [9.17, 15) is 4.79 Å². The van der Waals surface area contributed by atoms with Crippen molar-refractivity contribution < 1.29 is 14.3 Å². The van der Waals surface area contributed by atoms with Crippen molar-refractivity contribution in [2.24, 2.45) is 0 Å². The van der Waals surface area contributed by atoms with Crippen LogP contribution in [0.25, 0.3) is 0 Å². The highest BCUT2D eigenvalue weighted by molar-refractivity contribution is 5.77. The van der Waals surface area contributed by atoms with Crippen LogP contribution in [-0.2, 0) is 4.79 Å². The van der Waals surface area contributed by atoms with Crippen LogP contribution >= 0.6 is 0 Å². The Hall–Kier alpha value is -2.49. The summed E-state index contributed by atoms with van der Waals surface area (Å²) in [6, 6.07) is 15.3. The Labute approximate surface area is 131 Å². The Morgan fingerprint density at radius 3 is 2.32 bits per heavy atom. The SMILES string of the molecule is Cc1cc(C)cc(OCCNC(=O)COc2ccccc2)c1. The fourth-order valence-electron chi connectivity index (χ4n) is 2.09. The number of carbonyl (C=O) groups is 1. The van der Waals surface area contributed by atoms with Gasteiger partial charge in [0.2, 0.25) is 0 Å². The van der Waals surface area contributed by atoms with Crippen LogP contribution < -0.4 is 14.8 Å². The molecule has 0 saturated heterocycles. The molecule has 0 spiro atoms. The smallest absolute Gasteiger partial charge is 0.258 e. The third-order valence-corrected chi connectivity index (χ3v) is 3.00. The molecular weight excluding hydrogens is 278 g/mol. The molecular formula is C18H21NO3. The summed E-state index contributed by atoms with van der Waals surface area (Å²) in [5.41, 5.74) is 2.32. The fourth-order valence-corrected chi connectivity index (χ4v) is 2.09. The summed E-state index contributed by atoms with van der Waals surface area (Å²) >= 11 is 0. The van der Waals surface area contributed by atoms with Crippen LogP contribution in [0.3, 0.4) is 0 Å². The van der Waals surface area contributed by atoms with E-state index in [2.05, 4.69) is 11.4 Å². The van der Waals surface area contributed by atoms with Crippen molar-refractivity contribution in [1.82, 2.24) is 5.32 Å². The van der Waals surface area contributed by atoms with Crippen LogP contribution in [0.5, 0.6) is 11.5 Å². The quantitative estimate of drug-likeness (QED) is 0.800. The maximum Gasteiger partial charge on any atom is 0.258 e. The molecule has 4 nitrogen and oxygen atoms in total. The van der Waals surface area contributed by atoms with E-state index >= 15 is 0 Å². The van der Waals surface area contributed by atoms with E-state index in [1.54, 1.807) is 0 Å². The molecule has 2 rings (SSSR count). The van der Waals surface area contributed by atoms with E-state index in [1.165, 1.54) is 0 Å². The van der Waals surface area contributed by atoms with Gasteiger partial charge in [-0.1, -0.05) is 24.3 Å². The van der Waals surface area contributed by atoms with Gasteiger partial charge in [-0.05, 0) is 49.2 Å². The third-order valence-electron chi connectivity index (χ3n) is 3.00. The number of hydrogen-bond donors (Lipinski definition) is 1. The first-order valence-corrected chi connectivity index (χ1v) is 7.29. The zero-order valence-electron chi connectivity index (χ0n) is 13.0. The maximum atomic E-state index is 11.6. The summed E-state index contributed by atoms with van der Waals surface area (Å²) in [7, 11) is 0. The van der Waals surface area contributed by atoms with Gasteiger partial charge >= 0.3 is 0 Å². The van der Waals surface area contributed by atoms with Gasteiger partial charge in [0.15, 0.2) is 6.61 Å². The average molecular weight is 299 g/mol. The third kappa shape index (κ3) is 5.48. The van der Waals surface area contributed by atoms with Crippen LogP contribution in [0.15, 0.2) is 48.5 Å². The molecule has 0 radical (unpaired) electrons. The minimum absolute atomic E-state index is 0.00751. The Bertz CT molecular complexity index is 591. The average Bonchev–Trinajstić information content (AvgIpc) is 2.50. The lowest BCUT2D eigenvalue weighted by Crippen LogP contribution is -2.32. The number of benzene rings is 2. The molecule has 0 aliphatic carbocycles. The number of ether oxygens (including phenoxy) is 2. The number of carbonyl (C=O) groups excluding carboxylic acids is 1. The van der Waals surface area contributed by atoms with Gasteiger partial charge in [-0.2, -0.15) is 0 Å². The fraction of sp³-hybridized carbons (Fsp3) is 0.278. The van der Waals surface area contributed by atoms with E-state index in [1.807, 2.05) is 56.3 Å². The maximum absolute atomic E-state index is 11.6. The van der Waals surface area contributed by atoms with Gasteiger partial charge in [0, 0.05) is 0 Å². The van der Waals surface area contributed by atoms with Crippen molar-refractivity contribution in [1.29, 1.82) is 0 Å². The first-order valence-electron chi connectivity index (χ1n) is 7.29. The lowest BCUT2D eigenvalue weighted by Gasteiger charge is -2.10. The highest BCUT2D eigenvalue weighted by Crippen LogP contribution is 2.15. The van der Waals surface area contributed by atoms with E-state index in [0.29, 0.717) is 18.9 Å². The van der Waals surface area contributed by atoms with Crippen LogP contribution in [-0.4, -0.2) is 25.7 Å². The van der Waals surface area contributed by atoms with Crippen molar-refractivity contribution in [3.05, 3.63) is 59.7 Å². The molecule has 1 N–H and O–H groups in total. The molecule has 0 bridgehead atoms. The topological polar surface area (TPSA) is 47.6 Å². The van der Waals surface area contributed by atoms with Gasteiger partial charge in [-0.3, -0.25) is 4.79 Å². The monoisotopic (exact) mass is 299 g/mol. The largest absolute Gasteiger partial charge is 0.492 e. The van der Waals surface area contributed by atoms with Crippen molar-refractivity contribution >= 4 is 5.91 Å². The minimum Gasteiger partial charge on any atom is -0.492 e. The van der Waals surface area contributed by atoms with Gasteiger partial charge in [0.25, 0.3) is 5.91 Å². The number of rotatable bonds is 7. The van der Waals surface area contributed by atoms with Gasteiger partial charge in [0.1, 0.15) is 18.1 Å². The Morgan fingerprint density at radius 1 is 0.955 bits per heavy atom. The van der Waals surface area contributed by atoms with Crippen LogP contribution in [0, 0.1) is 13.8 Å². The second-order valence-corrected chi connectivity index (χ2v) is 5.12. The predicted octanol–water partition coefficient (Wildman–Crippen LogP) is 2.88. The Kier molecular flexibility index (Phi) is 5.83. The number of nitrogens with one attached hydrogen (secondary N) is 1. The highest BCUT2D eigenvalue weighted by Gasteiger charge is 2.02. The predicted molar refractivity (Wildman–Crippen MR) is 86.4 cm³/mol. The summed E-state index contributed by atoms with van der Waals surface area (Å²) in [5.74, 6) is 1.35. The molecule has 0 aliphatic rings. The van der Waals surface area contributed by atoms with Crippen molar-refractivity contribution in [3.8, 4) is 11.5 Å². The number of hydrogen-bond acceptors (Lipinski definition) is 3. The van der Waals surface area contributed by atoms with Crippen molar-refractivity contribution in [2.75, 3.05) is 19.8 Å². The lowest BCUT2D eigenvalue weighted by molar-refractivity contribution is -0.123. The first kappa shape index (κ1) is 15.9. The van der Waals surface area contributed by atoms with E-state index in [4.69, 9.17) is 9.47 Å². The Balaban J connectivity index is 1.64. The number of aryl methyl sites for hydroxylation is 2. The molecule has 22 heavy (non-hydrogen) atoms. The summed E-state index contributed by atoms with van der Waals surface area (Å²) in [6.07, 6.45) is 0. The minimum atomic E-state index is -0.159. The summed E-state index contributed by atoms with van der Waals surface area (Å²) in [5, 5.41) is 2.76. The molecule has 0 aliphatic heterocycles. The van der Waals surface area contributed by atoms with Crippen LogP contribution in [0.1, 0.15) is 11.1 Å². The Morgan fingerprint density at radius 2 is 1.64 bits per heavy atom. The lowest BCUT2D eigenvalue weighted by atomic mass is 10.1. The molecule has 0 atom stereocenters. The molecule has 0 fully saturated rings. The van der Waals surface area contributed by atoms with Gasteiger partial charge in [0.05, 0.1) is 6.54 Å². The molecule has 0 heterocycles. The van der Waals surface area contributed by atoms with Crippen molar-refractivity contribution in [3.63, 3.8) is 0 Å². The molecule has 4 heteroatoms. The van der Waals surface area contributed by atoms with Crippen LogP contribution in [0.2, 0.25) is 0 Å². The van der Waals surface area contributed by atoms with Crippen molar-refractivity contribution in [2.45, 2.75) is 13.8 Å². The van der Waals surface area contributed by atoms with E-state index in [0.717, 1.165) is 16.9 Å². The zero-order chi connectivity index (χ0) is 15.8. The molecule has 116 valence electrons. The first-order chi connectivity index (χ1) is 10.6. The molecule has 0 aromatic heterocycles. The van der Waals surface area contributed by atoms with Gasteiger partial charge in [-0.15, -0.1) is 0 Å². The second kappa shape index (κ2) is 8.08. The summed E-state index contributed by atoms with van der Waals surface area (Å²) in [4.78, 5) is 11.6. The summed E-state index contributed by atoms with van der Waals surface area (Å²) < 4.78 is 11.0. The molecule has 0 saturated carbocycles. The zero-order valence-corrected chi connectivity index (χ0v) is 13.0. The number of amides is 1. The molecule has 2 aromatic rings. The molecule has 2 aromatic carbocycles. The summed E-state index contributed by atoms with van der Waals surface area (Å²) in [6.45, 7) is 4.95. The standard InChI is InChI=1S/C18H21NO3/c1-14-10-15(2)12-17(11-14)21-9-8-19-18(20)13-22-16-6-4-3-5-7-16/h3-7,10-12H,8-9,13H2,1-2H3,(H,19,20). The van der Waals surface area contributed by atoms with Crippen LogP contribution in [0.4, 0.5) is 0 Å². The van der Waals surface area contributed by atoms with Gasteiger partial charge in [-0.25, -0.2) is 0 Å². The molecule has 1 amide bonds. The van der Waals surface area contributed by atoms with Gasteiger partial charge < -0.3 is 14.8 Å². The molecule has 0 unspecified atom stereocenters. The van der Waals surface area contributed by atoms with E-state index < -0.39 is 0 Å². The number of para-hydroxylation sites is 1. The van der Waals surface area contributed by atoms with E-state index in [-0.39, 0.29) is 12.5 Å². The second-order valence-electron chi connectivity index (χ2n) is 5.12.